The van der Waals surface area contributed by atoms with E-state index in [1.807, 2.05) is 0 Å². The Bertz CT molecular complexity index is 890. The molecule has 0 spiro atoms. The molecule has 0 amide bonds. The van der Waals surface area contributed by atoms with Gasteiger partial charge in [-0.2, -0.15) is 0 Å². The Labute approximate surface area is 149 Å². The number of Topliss-reactive ketones (excluding diaryl/α,β-unsaturated/α-hetero) is 1. The van der Waals surface area contributed by atoms with Crippen molar-refractivity contribution in [3.63, 3.8) is 0 Å². The summed E-state index contributed by atoms with van der Waals surface area (Å²) < 4.78 is 5.29. The molecule has 0 fully saturated rings. The van der Waals surface area contributed by atoms with Crippen LogP contribution in [0.25, 0.3) is 11.1 Å². The fraction of sp³-hybridized carbons (Fsp3) is 0.0526. The van der Waals surface area contributed by atoms with Gasteiger partial charge in [0.2, 0.25) is 11.6 Å². The number of carbonyl (C=O) groups excluding carboxylic acids is 2. The molecule has 1 aliphatic rings. The summed E-state index contributed by atoms with van der Waals surface area (Å²) in [6.45, 7) is 0. The lowest BCUT2D eigenvalue weighted by Crippen LogP contribution is -2.17. The fourth-order valence-corrected chi connectivity index (χ4v) is 3.20. The molecule has 0 aromatic heterocycles. The molecule has 120 valence electrons. The van der Waals surface area contributed by atoms with Gasteiger partial charge in [-0.1, -0.05) is 47.5 Å². The maximum absolute atomic E-state index is 12.4. The van der Waals surface area contributed by atoms with Gasteiger partial charge in [-0.3, -0.25) is 9.59 Å². The molecule has 5 heteroatoms. The van der Waals surface area contributed by atoms with Crippen molar-refractivity contribution in [3.05, 3.63) is 75.8 Å². The summed E-state index contributed by atoms with van der Waals surface area (Å²) in [5, 5.41) is 0.818. The number of para-hydroxylation sites is 1. The van der Waals surface area contributed by atoms with Crippen LogP contribution in [0, 0.1) is 0 Å². The molecule has 0 atom stereocenters. The number of ketones is 2. The van der Waals surface area contributed by atoms with Gasteiger partial charge in [0.25, 0.3) is 0 Å². The van der Waals surface area contributed by atoms with Gasteiger partial charge in [-0.05, 0) is 35.9 Å². The predicted molar refractivity (Wildman–Crippen MR) is 95.4 cm³/mol. The third-order valence-electron chi connectivity index (χ3n) is 3.70. The Hall–Kier alpha value is -2.36. The van der Waals surface area contributed by atoms with E-state index in [-0.39, 0.29) is 5.57 Å². The van der Waals surface area contributed by atoms with Gasteiger partial charge in [0, 0.05) is 26.7 Å². The summed E-state index contributed by atoms with van der Waals surface area (Å²) in [6, 6.07) is 12.1. The number of ether oxygens (including phenoxy) is 1. The molecule has 2 aromatic carbocycles. The molecule has 3 nitrogen and oxygen atoms in total. The van der Waals surface area contributed by atoms with Gasteiger partial charge in [0.15, 0.2) is 0 Å². The monoisotopic (exact) mass is 358 g/mol. The third kappa shape index (κ3) is 2.88. The zero-order valence-corrected chi connectivity index (χ0v) is 14.2. The van der Waals surface area contributed by atoms with Crippen LogP contribution in [0.1, 0.15) is 11.1 Å². The average molecular weight is 359 g/mol. The topological polar surface area (TPSA) is 43.4 Å². The van der Waals surface area contributed by atoms with E-state index in [0.29, 0.717) is 32.5 Å². The predicted octanol–water partition coefficient (Wildman–Crippen LogP) is 4.62. The van der Waals surface area contributed by atoms with Gasteiger partial charge in [0.1, 0.15) is 5.75 Å². The van der Waals surface area contributed by atoms with Crippen molar-refractivity contribution >= 4 is 45.9 Å². The number of rotatable bonds is 3. The van der Waals surface area contributed by atoms with E-state index in [4.69, 9.17) is 27.9 Å². The standard InChI is InChI=1S/C19H12Cl2O3/c1-24-17-8-3-2-5-12(17)13-9-11(10-16(22)19(13)23)18-14(20)6-4-7-15(18)21/h2-10H,1H3. The molecular formula is C19H12Cl2O3. The lowest BCUT2D eigenvalue weighted by Gasteiger charge is -2.16. The zero-order chi connectivity index (χ0) is 17.3. The second-order valence-corrected chi connectivity index (χ2v) is 5.96. The first-order chi connectivity index (χ1) is 11.5. The molecule has 0 saturated carbocycles. The zero-order valence-electron chi connectivity index (χ0n) is 12.7. The van der Waals surface area contributed by atoms with Crippen molar-refractivity contribution in [2.45, 2.75) is 0 Å². The highest BCUT2D eigenvalue weighted by Crippen LogP contribution is 2.37. The minimum absolute atomic E-state index is 0.255. The van der Waals surface area contributed by atoms with Crippen LogP contribution >= 0.6 is 23.2 Å². The molecular weight excluding hydrogens is 347 g/mol. The van der Waals surface area contributed by atoms with Gasteiger partial charge in [0.05, 0.1) is 7.11 Å². The largest absolute Gasteiger partial charge is 0.496 e. The van der Waals surface area contributed by atoms with Crippen molar-refractivity contribution in [3.8, 4) is 5.75 Å². The van der Waals surface area contributed by atoms with Crippen LogP contribution in [-0.2, 0) is 9.59 Å². The highest BCUT2D eigenvalue weighted by molar-refractivity contribution is 6.60. The molecule has 3 rings (SSSR count). The van der Waals surface area contributed by atoms with Crippen LogP contribution in [-0.4, -0.2) is 18.7 Å². The molecule has 0 unspecified atom stereocenters. The summed E-state index contributed by atoms with van der Waals surface area (Å²) in [4.78, 5) is 24.5. The highest BCUT2D eigenvalue weighted by atomic mass is 35.5. The molecule has 2 aromatic rings. The summed E-state index contributed by atoms with van der Waals surface area (Å²) >= 11 is 12.4. The first-order valence-electron chi connectivity index (χ1n) is 7.12. The normalized spacial score (nSPS) is 14.3. The molecule has 0 aliphatic heterocycles. The molecule has 0 saturated heterocycles. The van der Waals surface area contributed by atoms with Gasteiger partial charge in [-0.25, -0.2) is 0 Å². The van der Waals surface area contributed by atoms with E-state index in [1.54, 1.807) is 48.5 Å². The quantitative estimate of drug-likeness (QED) is 0.593. The van der Waals surface area contributed by atoms with E-state index in [0.717, 1.165) is 0 Å². The molecule has 24 heavy (non-hydrogen) atoms. The smallest absolute Gasteiger partial charge is 0.233 e. The van der Waals surface area contributed by atoms with Crippen molar-refractivity contribution in [2.75, 3.05) is 7.11 Å². The number of halogens is 2. The van der Waals surface area contributed by atoms with Gasteiger partial charge >= 0.3 is 0 Å². The van der Waals surface area contributed by atoms with Crippen molar-refractivity contribution in [2.24, 2.45) is 0 Å². The fourth-order valence-electron chi connectivity index (χ4n) is 2.59. The third-order valence-corrected chi connectivity index (χ3v) is 4.33. The first-order valence-corrected chi connectivity index (χ1v) is 7.88. The average Bonchev–Trinajstić information content (AvgIpc) is 2.57. The molecule has 0 N–H and O–H groups in total. The van der Waals surface area contributed by atoms with E-state index in [1.165, 1.54) is 13.2 Å². The van der Waals surface area contributed by atoms with Gasteiger partial charge < -0.3 is 4.74 Å². The molecule has 0 heterocycles. The van der Waals surface area contributed by atoms with E-state index in [9.17, 15) is 9.59 Å². The van der Waals surface area contributed by atoms with Crippen LogP contribution in [0.15, 0.2) is 54.6 Å². The number of hydrogen-bond acceptors (Lipinski definition) is 3. The summed E-state index contributed by atoms with van der Waals surface area (Å²) in [6.07, 6.45) is 2.88. The Balaban J connectivity index is 2.20. The van der Waals surface area contributed by atoms with Crippen LogP contribution in [0.5, 0.6) is 5.75 Å². The molecule has 0 radical (unpaired) electrons. The van der Waals surface area contributed by atoms with Crippen LogP contribution in [0.2, 0.25) is 10.0 Å². The lowest BCUT2D eigenvalue weighted by atomic mass is 9.88. The maximum Gasteiger partial charge on any atom is 0.233 e. The van der Waals surface area contributed by atoms with Crippen molar-refractivity contribution in [1.29, 1.82) is 0 Å². The Morgan fingerprint density at radius 1 is 0.875 bits per heavy atom. The Morgan fingerprint density at radius 3 is 2.21 bits per heavy atom. The van der Waals surface area contributed by atoms with Crippen LogP contribution in [0.3, 0.4) is 0 Å². The second kappa shape index (κ2) is 6.63. The van der Waals surface area contributed by atoms with Gasteiger partial charge in [-0.15, -0.1) is 0 Å². The van der Waals surface area contributed by atoms with Crippen LogP contribution < -0.4 is 4.74 Å². The van der Waals surface area contributed by atoms with E-state index < -0.39 is 11.6 Å². The first kappa shape index (κ1) is 16.5. The summed E-state index contributed by atoms with van der Waals surface area (Å²) in [7, 11) is 1.51. The van der Waals surface area contributed by atoms with Crippen molar-refractivity contribution < 1.29 is 14.3 Å². The van der Waals surface area contributed by atoms with Crippen molar-refractivity contribution in [1.82, 2.24) is 0 Å². The van der Waals surface area contributed by atoms with Crippen LogP contribution in [0.4, 0.5) is 0 Å². The summed E-state index contributed by atoms with van der Waals surface area (Å²) in [5.74, 6) is -0.702. The minimum atomic E-state index is -0.621. The molecule has 0 bridgehead atoms. The highest BCUT2D eigenvalue weighted by Gasteiger charge is 2.27. The Morgan fingerprint density at radius 2 is 1.54 bits per heavy atom. The lowest BCUT2D eigenvalue weighted by molar-refractivity contribution is -0.130. The maximum atomic E-state index is 12.4. The summed E-state index contributed by atoms with van der Waals surface area (Å²) in [5.41, 5.74) is 1.82. The number of carbonyl (C=O) groups is 2. The van der Waals surface area contributed by atoms with E-state index in [2.05, 4.69) is 0 Å². The number of allylic oxidation sites excluding steroid dienone is 4. The Kier molecular flexibility index (Phi) is 4.56. The minimum Gasteiger partial charge on any atom is -0.496 e. The SMILES string of the molecule is COc1ccccc1C1=CC(c2c(Cl)cccc2Cl)=CC(=O)C1=O. The number of benzene rings is 2. The number of methoxy groups -OCH3 is 1. The second-order valence-electron chi connectivity index (χ2n) is 5.15. The molecule has 1 aliphatic carbocycles. The van der Waals surface area contributed by atoms with E-state index >= 15 is 0 Å². The number of hydrogen-bond donors (Lipinski definition) is 0.